The van der Waals surface area contributed by atoms with Crippen LogP contribution in [-0.4, -0.2) is 35.5 Å². The van der Waals surface area contributed by atoms with E-state index >= 15 is 0 Å². The Morgan fingerprint density at radius 1 is 1.03 bits per heavy atom. The van der Waals surface area contributed by atoms with E-state index in [1.807, 2.05) is 0 Å². The Balaban J connectivity index is 1.38. The monoisotopic (exact) mass is 398 g/mol. The Hall–Kier alpha value is -3.06. The molecule has 2 aromatic carbocycles. The molecule has 2 heterocycles. The molecule has 7 heteroatoms. The zero-order valence-corrected chi connectivity index (χ0v) is 15.7. The van der Waals surface area contributed by atoms with Crippen LogP contribution in [0.15, 0.2) is 59.1 Å². The molecular formula is C22H20F2N2O3. The Morgan fingerprint density at radius 3 is 2.38 bits per heavy atom. The van der Waals surface area contributed by atoms with Gasteiger partial charge in [0.2, 0.25) is 11.8 Å². The van der Waals surface area contributed by atoms with Gasteiger partial charge in [0.25, 0.3) is 0 Å². The predicted molar refractivity (Wildman–Crippen MR) is 101 cm³/mol. The van der Waals surface area contributed by atoms with Crippen LogP contribution in [0, 0.1) is 11.6 Å². The summed E-state index contributed by atoms with van der Waals surface area (Å²) < 4.78 is 37.6. The molecule has 0 spiro atoms. The first-order chi connectivity index (χ1) is 14.1. The van der Waals surface area contributed by atoms with Gasteiger partial charge in [0.15, 0.2) is 6.10 Å². The smallest absolute Gasteiger partial charge is 0.227 e. The van der Waals surface area contributed by atoms with Gasteiger partial charge < -0.3 is 14.1 Å². The number of carbonyl (C=O) groups is 1. The molecule has 0 N–H and O–H groups in total. The van der Waals surface area contributed by atoms with Crippen LogP contribution in [0.3, 0.4) is 0 Å². The van der Waals surface area contributed by atoms with Crippen molar-refractivity contribution < 1.29 is 22.7 Å². The first-order valence-corrected chi connectivity index (χ1v) is 9.40. The summed E-state index contributed by atoms with van der Waals surface area (Å²) in [5, 5.41) is 0. The number of hydrogen-bond donors (Lipinski definition) is 0. The summed E-state index contributed by atoms with van der Waals surface area (Å²) in [5.74, 6) is 0.398. The van der Waals surface area contributed by atoms with E-state index in [9.17, 15) is 13.6 Å². The lowest BCUT2D eigenvalue weighted by Gasteiger charge is -2.31. The highest BCUT2D eigenvalue weighted by molar-refractivity contribution is 5.78. The standard InChI is InChI=1S/C22H20F2N2O3/c23-17-5-1-15(2-6-17)11-19-13-25-22(29-19)20-14-26(9-10-28-20)21(27)12-16-3-7-18(24)8-4-16/h1-8,13,20H,9-12,14H2. The maximum Gasteiger partial charge on any atom is 0.227 e. The number of ether oxygens (including phenoxy) is 1. The lowest BCUT2D eigenvalue weighted by molar-refractivity contribution is -0.139. The third-order valence-electron chi connectivity index (χ3n) is 4.83. The van der Waals surface area contributed by atoms with Crippen LogP contribution < -0.4 is 0 Å². The molecular weight excluding hydrogens is 378 g/mol. The molecule has 0 aliphatic carbocycles. The third kappa shape index (κ3) is 4.86. The van der Waals surface area contributed by atoms with Crippen LogP contribution in [0.2, 0.25) is 0 Å². The summed E-state index contributed by atoms with van der Waals surface area (Å²) in [7, 11) is 0. The lowest BCUT2D eigenvalue weighted by Crippen LogP contribution is -2.43. The van der Waals surface area contributed by atoms with Crippen molar-refractivity contribution in [2.24, 2.45) is 0 Å². The summed E-state index contributed by atoms with van der Waals surface area (Å²) in [5.41, 5.74) is 1.67. The van der Waals surface area contributed by atoms with Crippen LogP contribution in [0.4, 0.5) is 8.78 Å². The quantitative estimate of drug-likeness (QED) is 0.658. The van der Waals surface area contributed by atoms with E-state index < -0.39 is 6.10 Å². The fraction of sp³-hybridized carbons (Fsp3) is 0.273. The second kappa shape index (κ2) is 8.53. The highest BCUT2D eigenvalue weighted by atomic mass is 19.1. The van der Waals surface area contributed by atoms with Gasteiger partial charge in [-0.2, -0.15) is 0 Å². The van der Waals surface area contributed by atoms with Crippen molar-refractivity contribution in [3.8, 4) is 0 Å². The van der Waals surface area contributed by atoms with Gasteiger partial charge in [0.05, 0.1) is 25.8 Å². The van der Waals surface area contributed by atoms with Gasteiger partial charge in [-0.25, -0.2) is 13.8 Å². The molecule has 0 saturated carbocycles. The number of aromatic nitrogens is 1. The molecule has 5 nitrogen and oxygen atoms in total. The number of morpholine rings is 1. The maximum atomic E-state index is 13.0. The molecule has 3 aromatic rings. The topological polar surface area (TPSA) is 55.6 Å². The van der Waals surface area contributed by atoms with Crippen molar-refractivity contribution in [1.29, 1.82) is 0 Å². The predicted octanol–water partition coefficient (Wildman–Crippen LogP) is 3.69. The van der Waals surface area contributed by atoms with Crippen molar-refractivity contribution in [2.75, 3.05) is 19.7 Å². The van der Waals surface area contributed by atoms with E-state index in [-0.39, 0.29) is 24.0 Å². The normalized spacial score (nSPS) is 16.8. The van der Waals surface area contributed by atoms with Crippen LogP contribution in [0.25, 0.3) is 0 Å². The number of amides is 1. The molecule has 0 bridgehead atoms. The number of carbonyl (C=O) groups excluding carboxylic acids is 1. The van der Waals surface area contributed by atoms with Crippen molar-refractivity contribution in [3.05, 3.63) is 89.1 Å². The SMILES string of the molecule is O=C(Cc1ccc(F)cc1)N1CCOC(c2ncc(Cc3ccc(F)cc3)o2)C1. The molecule has 1 aliphatic rings. The van der Waals surface area contributed by atoms with Crippen LogP contribution >= 0.6 is 0 Å². The first kappa shape index (κ1) is 19.3. The van der Waals surface area contributed by atoms with E-state index in [1.54, 1.807) is 35.4 Å². The molecule has 4 rings (SSSR count). The number of rotatable bonds is 5. The van der Waals surface area contributed by atoms with E-state index in [0.29, 0.717) is 37.8 Å². The number of hydrogen-bond acceptors (Lipinski definition) is 4. The zero-order chi connectivity index (χ0) is 20.2. The van der Waals surface area contributed by atoms with E-state index in [4.69, 9.17) is 9.15 Å². The Morgan fingerprint density at radius 2 is 1.69 bits per heavy atom. The summed E-state index contributed by atoms with van der Waals surface area (Å²) >= 11 is 0. The van der Waals surface area contributed by atoms with Gasteiger partial charge in [-0.15, -0.1) is 0 Å². The Bertz CT molecular complexity index is 970. The van der Waals surface area contributed by atoms with Gasteiger partial charge in [-0.1, -0.05) is 24.3 Å². The molecule has 1 aromatic heterocycles. The lowest BCUT2D eigenvalue weighted by atomic mass is 10.1. The molecule has 1 unspecified atom stereocenters. The number of benzene rings is 2. The van der Waals surface area contributed by atoms with E-state index in [2.05, 4.69) is 4.98 Å². The molecule has 29 heavy (non-hydrogen) atoms. The highest BCUT2D eigenvalue weighted by Gasteiger charge is 2.28. The summed E-state index contributed by atoms with van der Waals surface area (Å²) in [6, 6.07) is 12.1. The van der Waals surface area contributed by atoms with Gasteiger partial charge in [-0.05, 0) is 35.4 Å². The van der Waals surface area contributed by atoms with Crippen molar-refractivity contribution in [1.82, 2.24) is 9.88 Å². The van der Waals surface area contributed by atoms with Gasteiger partial charge in [-0.3, -0.25) is 4.79 Å². The molecule has 150 valence electrons. The van der Waals surface area contributed by atoms with Crippen LogP contribution in [0.5, 0.6) is 0 Å². The van der Waals surface area contributed by atoms with Gasteiger partial charge >= 0.3 is 0 Å². The summed E-state index contributed by atoms with van der Waals surface area (Å²) in [6.07, 6.45) is 1.88. The average molecular weight is 398 g/mol. The van der Waals surface area contributed by atoms with Crippen molar-refractivity contribution in [2.45, 2.75) is 18.9 Å². The average Bonchev–Trinajstić information content (AvgIpc) is 3.20. The van der Waals surface area contributed by atoms with Crippen LogP contribution in [-0.2, 0) is 22.4 Å². The number of oxazole rings is 1. The molecule has 1 aliphatic heterocycles. The minimum Gasteiger partial charge on any atom is -0.442 e. The van der Waals surface area contributed by atoms with Gasteiger partial charge in [0.1, 0.15) is 17.4 Å². The fourth-order valence-electron chi connectivity index (χ4n) is 3.27. The minimum absolute atomic E-state index is 0.0528. The fourth-order valence-corrected chi connectivity index (χ4v) is 3.27. The van der Waals surface area contributed by atoms with Crippen molar-refractivity contribution in [3.63, 3.8) is 0 Å². The zero-order valence-electron chi connectivity index (χ0n) is 15.7. The minimum atomic E-state index is -0.442. The Labute approximate surface area is 166 Å². The maximum absolute atomic E-state index is 13.0. The second-order valence-electron chi connectivity index (χ2n) is 6.97. The molecule has 1 amide bonds. The molecule has 1 fully saturated rings. The Kier molecular flexibility index (Phi) is 5.67. The largest absolute Gasteiger partial charge is 0.442 e. The molecule has 1 atom stereocenters. The van der Waals surface area contributed by atoms with Crippen molar-refractivity contribution >= 4 is 5.91 Å². The molecule has 1 saturated heterocycles. The highest BCUT2D eigenvalue weighted by Crippen LogP contribution is 2.23. The van der Waals surface area contributed by atoms with E-state index in [0.717, 1.165) is 11.1 Å². The van der Waals surface area contributed by atoms with E-state index in [1.165, 1.54) is 24.3 Å². The number of halogens is 2. The number of nitrogens with zero attached hydrogens (tertiary/aromatic N) is 2. The summed E-state index contributed by atoms with van der Waals surface area (Å²) in [6.45, 7) is 1.21. The van der Waals surface area contributed by atoms with Crippen LogP contribution in [0.1, 0.15) is 28.9 Å². The molecule has 0 radical (unpaired) electrons. The van der Waals surface area contributed by atoms with Gasteiger partial charge in [0, 0.05) is 13.0 Å². The second-order valence-corrected chi connectivity index (χ2v) is 6.97. The first-order valence-electron chi connectivity index (χ1n) is 9.40. The third-order valence-corrected chi connectivity index (χ3v) is 4.83. The summed E-state index contributed by atoms with van der Waals surface area (Å²) in [4.78, 5) is 18.6.